The normalized spacial score (nSPS) is 14.1. The standard InChI is InChI=1S/C22H25N3OS/c1-4-20(22(26)25-12-11-16-7-5-6-8-19(16)25)27-21-17(14-23)9-10-18(24-21)13-15(2)3/h5-10,15,20H,4,11-13H2,1-3H3. The number of benzene rings is 1. The Hall–Kier alpha value is -2.32. The molecule has 1 amide bonds. The van der Waals surface area contributed by atoms with Crippen LogP contribution in [0.3, 0.4) is 0 Å². The molecule has 2 heterocycles. The van der Waals surface area contributed by atoms with Crippen LogP contribution in [0.1, 0.15) is 44.0 Å². The molecule has 5 heteroatoms. The third-order valence-corrected chi connectivity index (χ3v) is 6.06. The summed E-state index contributed by atoms with van der Waals surface area (Å²) >= 11 is 1.43. The van der Waals surface area contributed by atoms with Gasteiger partial charge in [-0.25, -0.2) is 4.98 Å². The van der Waals surface area contributed by atoms with E-state index in [-0.39, 0.29) is 11.2 Å². The molecule has 0 spiro atoms. The van der Waals surface area contributed by atoms with Crippen molar-refractivity contribution in [3.05, 3.63) is 53.2 Å². The molecular weight excluding hydrogens is 354 g/mol. The minimum Gasteiger partial charge on any atom is -0.311 e. The Balaban J connectivity index is 1.83. The summed E-state index contributed by atoms with van der Waals surface area (Å²) in [5.41, 5.74) is 3.75. The van der Waals surface area contributed by atoms with Gasteiger partial charge in [0.25, 0.3) is 0 Å². The predicted molar refractivity (Wildman–Crippen MR) is 110 cm³/mol. The molecule has 0 aliphatic carbocycles. The van der Waals surface area contributed by atoms with Crippen LogP contribution in [-0.2, 0) is 17.6 Å². The summed E-state index contributed by atoms with van der Waals surface area (Å²) in [4.78, 5) is 19.8. The smallest absolute Gasteiger partial charge is 0.240 e. The van der Waals surface area contributed by atoms with Crippen LogP contribution in [0.25, 0.3) is 0 Å². The van der Waals surface area contributed by atoms with Gasteiger partial charge in [-0.1, -0.05) is 50.7 Å². The van der Waals surface area contributed by atoms with Crippen molar-refractivity contribution in [1.29, 1.82) is 5.26 Å². The van der Waals surface area contributed by atoms with Gasteiger partial charge in [-0.2, -0.15) is 5.26 Å². The fourth-order valence-corrected chi connectivity index (χ4v) is 4.44. The maximum Gasteiger partial charge on any atom is 0.240 e. The van der Waals surface area contributed by atoms with E-state index in [2.05, 4.69) is 26.0 Å². The van der Waals surface area contributed by atoms with Crippen molar-refractivity contribution < 1.29 is 4.79 Å². The Labute approximate surface area is 165 Å². The highest BCUT2D eigenvalue weighted by molar-refractivity contribution is 8.00. The average molecular weight is 380 g/mol. The first-order chi connectivity index (χ1) is 13.0. The number of para-hydroxylation sites is 1. The number of nitriles is 1. The van der Waals surface area contributed by atoms with Gasteiger partial charge in [0.15, 0.2) is 0 Å². The fourth-order valence-electron chi connectivity index (χ4n) is 3.37. The van der Waals surface area contributed by atoms with Crippen LogP contribution >= 0.6 is 11.8 Å². The molecule has 4 nitrogen and oxygen atoms in total. The molecular formula is C22H25N3OS. The van der Waals surface area contributed by atoms with Crippen LogP contribution in [0.4, 0.5) is 5.69 Å². The van der Waals surface area contributed by atoms with Crippen LogP contribution in [0.5, 0.6) is 0 Å². The van der Waals surface area contributed by atoms with Crippen LogP contribution in [0.2, 0.25) is 0 Å². The van der Waals surface area contributed by atoms with Gasteiger partial charge in [-0.15, -0.1) is 0 Å². The Kier molecular flexibility index (Phi) is 6.18. The molecule has 140 valence electrons. The SMILES string of the molecule is CCC(Sc1nc(CC(C)C)ccc1C#N)C(=O)N1CCc2ccccc21. The topological polar surface area (TPSA) is 57.0 Å². The molecule has 0 bridgehead atoms. The van der Waals surface area contributed by atoms with E-state index in [9.17, 15) is 10.1 Å². The number of rotatable bonds is 6. The lowest BCUT2D eigenvalue weighted by Gasteiger charge is -2.23. The minimum atomic E-state index is -0.245. The molecule has 3 rings (SSSR count). The first-order valence-electron chi connectivity index (χ1n) is 9.49. The molecule has 27 heavy (non-hydrogen) atoms. The first kappa shape index (κ1) is 19.4. The van der Waals surface area contributed by atoms with Gasteiger partial charge in [0, 0.05) is 17.9 Å². The number of nitrogens with zero attached hydrogens (tertiary/aromatic N) is 3. The van der Waals surface area contributed by atoms with E-state index < -0.39 is 0 Å². The number of hydrogen-bond acceptors (Lipinski definition) is 4. The number of thioether (sulfide) groups is 1. The van der Waals surface area contributed by atoms with E-state index in [4.69, 9.17) is 4.98 Å². The summed E-state index contributed by atoms with van der Waals surface area (Å²) in [7, 11) is 0. The number of amides is 1. The lowest BCUT2D eigenvalue weighted by Crippen LogP contribution is -2.36. The lowest BCUT2D eigenvalue weighted by molar-refractivity contribution is -0.118. The Bertz CT molecular complexity index is 872. The number of carbonyl (C=O) groups is 1. The highest BCUT2D eigenvalue weighted by atomic mass is 32.2. The molecule has 0 saturated carbocycles. The van der Waals surface area contributed by atoms with Crippen molar-refractivity contribution in [2.45, 2.75) is 50.3 Å². The second-order valence-corrected chi connectivity index (χ2v) is 8.44. The van der Waals surface area contributed by atoms with Crippen molar-refractivity contribution >= 4 is 23.4 Å². The zero-order valence-corrected chi connectivity index (χ0v) is 16.9. The van der Waals surface area contributed by atoms with Gasteiger partial charge in [-0.05, 0) is 48.9 Å². The Morgan fingerprint density at radius 1 is 1.30 bits per heavy atom. The zero-order chi connectivity index (χ0) is 19.4. The van der Waals surface area contributed by atoms with Crippen LogP contribution in [-0.4, -0.2) is 22.7 Å². The largest absolute Gasteiger partial charge is 0.311 e. The van der Waals surface area contributed by atoms with E-state index >= 15 is 0 Å². The van der Waals surface area contributed by atoms with Crippen molar-refractivity contribution in [2.24, 2.45) is 5.92 Å². The minimum absolute atomic E-state index is 0.104. The quantitative estimate of drug-likeness (QED) is 0.688. The van der Waals surface area contributed by atoms with Crippen molar-refractivity contribution in [1.82, 2.24) is 4.98 Å². The number of pyridine rings is 1. The number of carbonyl (C=O) groups excluding carboxylic acids is 1. The molecule has 1 aromatic heterocycles. The molecule has 1 unspecified atom stereocenters. The van der Waals surface area contributed by atoms with Crippen LogP contribution in [0.15, 0.2) is 41.4 Å². The third-order valence-electron chi connectivity index (χ3n) is 4.71. The van der Waals surface area contributed by atoms with E-state index in [0.29, 0.717) is 22.9 Å². The summed E-state index contributed by atoms with van der Waals surface area (Å²) < 4.78 is 0. The average Bonchev–Trinajstić information content (AvgIpc) is 3.09. The second-order valence-electron chi connectivity index (χ2n) is 7.25. The zero-order valence-electron chi connectivity index (χ0n) is 16.1. The predicted octanol–water partition coefficient (Wildman–Crippen LogP) is 4.61. The van der Waals surface area contributed by atoms with Gasteiger partial charge in [0.1, 0.15) is 11.1 Å². The van der Waals surface area contributed by atoms with Gasteiger partial charge < -0.3 is 4.90 Å². The maximum absolute atomic E-state index is 13.2. The monoisotopic (exact) mass is 379 g/mol. The van der Waals surface area contributed by atoms with Crippen molar-refractivity contribution in [2.75, 3.05) is 11.4 Å². The second kappa shape index (κ2) is 8.58. The Morgan fingerprint density at radius 2 is 2.07 bits per heavy atom. The van der Waals surface area contributed by atoms with E-state index in [1.807, 2.05) is 42.2 Å². The summed E-state index contributed by atoms with van der Waals surface area (Å²) in [5, 5.41) is 9.88. The molecule has 0 saturated heterocycles. The molecule has 0 radical (unpaired) electrons. The van der Waals surface area contributed by atoms with Crippen LogP contribution in [0, 0.1) is 17.2 Å². The highest BCUT2D eigenvalue weighted by Crippen LogP contribution is 2.33. The van der Waals surface area contributed by atoms with Gasteiger partial charge >= 0.3 is 0 Å². The van der Waals surface area contributed by atoms with E-state index in [1.54, 1.807) is 0 Å². The molecule has 1 aliphatic heterocycles. The number of hydrogen-bond donors (Lipinski definition) is 0. The van der Waals surface area contributed by atoms with Gasteiger partial charge in [0.2, 0.25) is 5.91 Å². The summed E-state index contributed by atoms with van der Waals surface area (Å²) in [6, 6.07) is 14.1. The van der Waals surface area contributed by atoms with Crippen LogP contribution < -0.4 is 4.90 Å². The van der Waals surface area contributed by atoms with Gasteiger partial charge in [-0.3, -0.25) is 4.79 Å². The lowest BCUT2D eigenvalue weighted by atomic mass is 10.1. The summed E-state index contributed by atoms with van der Waals surface area (Å²) in [6.45, 7) is 7.04. The summed E-state index contributed by atoms with van der Waals surface area (Å²) in [5.74, 6) is 0.598. The maximum atomic E-state index is 13.2. The molecule has 1 aromatic carbocycles. The number of anilines is 1. The Morgan fingerprint density at radius 3 is 2.78 bits per heavy atom. The van der Waals surface area contributed by atoms with E-state index in [0.717, 1.165) is 30.8 Å². The molecule has 1 atom stereocenters. The molecule has 2 aromatic rings. The highest BCUT2D eigenvalue weighted by Gasteiger charge is 2.30. The van der Waals surface area contributed by atoms with E-state index in [1.165, 1.54) is 17.3 Å². The fraction of sp³-hybridized carbons (Fsp3) is 0.409. The molecule has 0 N–H and O–H groups in total. The molecule has 1 aliphatic rings. The number of fused-ring (bicyclic) bond motifs is 1. The van der Waals surface area contributed by atoms with Gasteiger partial charge in [0.05, 0.1) is 10.8 Å². The molecule has 0 fully saturated rings. The van der Waals surface area contributed by atoms with Crippen molar-refractivity contribution in [3.63, 3.8) is 0 Å². The van der Waals surface area contributed by atoms with Crippen molar-refractivity contribution in [3.8, 4) is 6.07 Å². The first-order valence-corrected chi connectivity index (χ1v) is 10.4. The summed E-state index contributed by atoms with van der Waals surface area (Å²) in [6.07, 6.45) is 2.46. The number of aromatic nitrogens is 1. The third kappa shape index (κ3) is 4.33.